The Morgan fingerprint density at radius 1 is 1.10 bits per heavy atom. The van der Waals surface area contributed by atoms with Gasteiger partial charge in [0.2, 0.25) is 5.95 Å². The molecule has 0 radical (unpaired) electrons. The maximum Gasteiger partial charge on any atom is 0.228 e. The third kappa shape index (κ3) is 3.25. The number of nitrogens with one attached hydrogen (secondary N) is 1. The first-order valence-corrected chi connectivity index (χ1v) is 9.90. The summed E-state index contributed by atoms with van der Waals surface area (Å²) in [4.78, 5) is 20.6. The predicted molar refractivity (Wildman–Crippen MR) is 114 cm³/mol. The van der Waals surface area contributed by atoms with Crippen molar-refractivity contribution in [3.05, 3.63) is 42.5 Å². The van der Waals surface area contributed by atoms with Crippen molar-refractivity contribution in [1.82, 2.24) is 24.5 Å². The van der Waals surface area contributed by atoms with E-state index in [-0.39, 0.29) is 0 Å². The Kier molecular flexibility index (Phi) is 4.48. The number of imidazole rings is 1. The summed E-state index contributed by atoms with van der Waals surface area (Å²) >= 11 is 0. The molecule has 1 fully saturated rings. The van der Waals surface area contributed by atoms with Gasteiger partial charge >= 0.3 is 0 Å². The van der Waals surface area contributed by atoms with Crippen LogP contribution in [0, 0.1) is 6.92 Å². The van der Waals surface area contributed by atoms with Gasteiger partial charge in [-0.2, -0.15) is 0 Å². The number of aryl methyl sites for hydroxylation is 2. The highest BCUT2D eigenvalue weighted by molar-refractivity contribution is 6.01. The van der Waals surface area contributed by atoms with Crippen molar-refractivity contribution < 1.29 is 4.74 Å². The zero-order valence-electron chi connectivity index (χ0n) is 16.6. The van der Waals surface area contributed by atoms with Crippen molar-refractivity contribution in [2.45, 2.75) is 20.4 Å². The first kappa shape index (κ1) is 17.8. The van der Waals surface area contributed by atoms with Crippen molar-refractivity contribution in [3.63, 3.8) is 0 Å². The fraction of sp³-hybridized carbons (Fsp3) is 0.333. The van der Waals surface area contributed by atoms with Crippen LogP contribution in [0.1, 0.15) is 12.5 Å². The summed E-state index contributed by atoms with van der Waals surface area (Å²) < 4.78 is 7.55. The summed E-state index contributed by atoms with van der Waals surface area (Å²) in [6, 6.07) is 6.05. The van der Waals surface area contributed by atoms with E-state index in [4.69, 9.17) is 9.72 Å². The minimum atomic E-state index is 0.528. The standard InChI is InChI=1S/C21H23N7O/c1-3-27-13-24-16-5-4-15-11-23-21(26-19(15)20(16)27)25-18-10-14(2)17(12-22-18)28-6-8-29-9-7-28/h4-5,10-13H,3,6-9H2,1-2H3,(H,22,23,25,26). The lowest BCUT2D eigenvalue weighted by atomic mass is 10.2. The van der Waals surface area contributed by atoms with Gasteiger partial charge in [0.05, 0.1) is 42.5 Å². The molecule has 0 saturated carbocycles. The molecule has 1 aliphatic heterocycles. The molecule has 0 spiro atoms. The van der Waals surface area contributed by atoms with Crippen molar-refractivity contribution in [1.29, 1.82) is 0 Å². The third-order valence-corrected chi connectivity index (χ3v) is 5.34. The average Bonchev–Trinajstić information content (AvgIpc) is 3.18. The minimum absolute atomic E-state index is 0.528. The van der Waals surface area contributed by atoms with Crippen LogP contribution in [-0.4, -0.2) is 50.8 Å². The maximum atomic E-state index is 5.44. The van der Waals surface area contributed by atoms with Crippen LogP contribution < -0.4 is 10.2 Å². The molecule has 8 heteroatoms. The zero-order chi connectivity index (χ0) is 19.8. The summed E-state index contributed by atoms with van der Waals surface area (Å²) in [7, 11) is 0. The molecule has 0 bridgehead atoms. The lowest BCUT2D eigenvalue weighted by Crippen LogP contribution is -2.36. The van der Waals surface area contributed by atoms with Crippen LogP contribution in [0.25, 0.3) is 21.9 Å². The van der Waals surface area contributed by atoms with Crippen LogP contribution in [0.3, 0.4) is 0 Å². The van der Waals surface area contributed by atoms with Crippen molar-refractivity contribution >= 4 is 39.4 Å². The molecule has 4 heterocycles. The summed E-state index contributed by atoms with van der Waals surface area (Å²) in [5.41, 5.74) is 5.17. The van der Waals surface area contributed by atoms with Gasteiger partial charge in [0.15, 0.2) is 0 Å². The maximum absolute atomic E-state index is 5.44. The van der Waals surface area contributed by atoms with Gasteiger partial charge in [-0.25, -0.2) is 19.9 Å². The van der Waals surface area contributed by atoms with Gasteiger partial charge in [0, 0.05) is 31.2 Å². The summed E-state index contributed by atoms with van der Waals surface area (Å²) in [5, 5.41) is 4.25. The van der Waals surface area contributed by atoms with Crippen LogP contribution >= 0.6 is 0 Å². The molecular formula is C21H23N7O. The topological polar surface area (TPSA) is 81.0 Å². The molecular weight excluding hydrogens is 366 g/mol. The summed E-state index contributed by atoms with van der Waals surface area (Å²) in [6.45, 7) is 8.34. The van der Waals surface area contributed by atoms with Gasteiger partial charge in [0.1, 0.15) is 11.3 Å². The van der Waals surface area contributed by atoms with Gasteiger partial charge in [-0.3, -0.25) is 0 Å². The number of rotatable bonds is 4. The molecule has 5 rings (SSSR count). The lowest BCUT2D eigenvalue weighted by molar-refractivity contribution is 0.122. The number of hydrogen-bond acceptors (Lipinski definition) is 7. The predicted octanol–water partition coefficient (Wildman–Crippen LogP) is 3.28. The SMILES string of the molecule is CCn1cnc2ccc3cnc(Nc4cc(C)c(N5CCOCC5)cn4)nc3c21. The molecule has 0 amide bonds. The molecule has 1 saturated heterocycles. The van der Waals surface area contributed by atoms with Gasteiger partial charge in [-0.15, -0.1) is 0 Å². The number of ether oxygens (including phenoxy) is 1. The van der Waals surface area contributed by atoms with Crippen LogP contribution in [-0.2, 0) is 11.3 Å². The van der Waals surface area contributed by atoms with Gasteiger partial charge in [-0.05, 0) is 37.6 Å². The Hall–Kier alpha value is -3.26. The van der Waals surface area contributed by atoms with Crippen LogP contribution in [0.5, 0.6) is 0 Å². The van der Waals surface area contributed by atoms with Crippen LogP contribution in [0.4, 0.5) is 17.5 Å². The number of fused-ring (bicyclic) bond motifs is 3. The Morgan fingerprint density at radius 2 is 1.97 bits per heavy atom. The fourth-order valence-corrected chi connectivity index (χ4v) is 3.82. The number of hydrogen-bond donors (Lipinski definition) is 1. The Bertz CT molecular complexity index is 1180. The van der Waals surface area contributed by atoms with E-state index >= 15 is 0 Å². The van der Waals surface area contributed by atoms with E-state index in [0.717, 1.165) is 71.9 Å². The Morgan fingerprint density at radius 3 is 2.76 bits per heavy atom. The van der Waals surface area contributed by atoms with Crippen molar-refractivity contribution in [2.75, 3.05) is 36.5 Å². The van der Waals surface area contributed by atoms with Crippen LogP contribution in [0.2, 0.25) is 0 Å². The van der Waals surface area contributed by atoms with E-state index in [1.165, 1.54) is 0 Å². The Labute approximate surface area is 168 Å². The molecule has 0 atom stereocenters. The summed E-state index contributed by atoms with van der Waals surface area (Å²) in [6.07, 6.45) is 5.61. The van der Waals surface area contributed by atoms with Crippen LogP contribution in [0.15, 0.2) is 36.9 Å². The molecule has 3 aromatic heterocycles. The number of aromatic nitrogens is 5. The summed E-state index contributed by atoms with van der Waals surface area (Å²) in [5.74, 6) is 1.26. The second-order valence-electron chi connectivity index (χ2n) is 7.18. The van der Waals surface area contributed by atoms with E-state index in [1.807, 2.05) is 36.9 Å². The fourth-order valence-electron chi connectivity index (χ4n) is 3.82. The molecule has 0 unspecified atom stereocenters. The number of morpholine rings is 1. The molecule has 4 aromatic rings. The average molecular weight is 389 g/mol. The van der Waals surface area contributed by atoms with Crippen molar-refractivity contribution in [3.8, 4) is 0 Å². The molecule has 1 N–H and O–H groups in total. The third-order valence-electron chi connectivity index (χ3n) is 5.34. The lowest BCUT2D eigenvalue weighted by Gasteiger charge is -2.29. The first-order chi connectivity index (χ1) is 14.2. The van der Waals surface area contributed by atoms with Gasteiger partial charge in [0.25, 0.3) is 0 Å². The quantitative estimate of drug-likeness (QED) is 0.574. The number of benzene rings is 1. The second-order valence-corrected chi connectivity index (χ2v) is 7.18. The Balaban J connectivity index is 1.47. The van der Waals surface area contributed by atoms with Gasteiger partial charge < -0.3 is 19.5 Å². The largest absolute Gasteiger partial charge is 0.378 e. The zero-order valence-corrected chi connectivity index (χ0v) is 16.6. The molecule has 1 aromatic carbocycles. The van der Waals surface area contributed by atoms with E-state index in [2.05, 4.69) is 43.6 Å². The highest BCUT2D eigenvalue weighted by Crippen LogP contribution is 2.26. The molecule has 8 nitrogen and oxygen atoms in total. The highest BCUT2D eigenvalue weighted by Gasteiger charge is 2.15. The molecule has 29 heavy (non-hydrogen) atoms. The number of anilines is 3. The smallest absolute Gasteiger partial charge is 0.228 e. The first-order valence-electron chi connectivity index (χ1n) is 9.90. The second kappa shape index (κ2) is 7.29. The van der Waals surface area contributed by atoms with E-state index in [9.17, 15) is 0 Å². The number of nitrogens with zero attached hydrogens (tertiary/aromatic N) is 6. The minimum Gasteiger partial charge on any atom is -0.378 e. The monoisotopic (exact) mass is 389 g/mol. The highest BCUT2D eigenvalue weighted by atomic mass is 16.5. The van der Waals surface area contributed by atoms with Gasteiger partial charge in [-0.1, -0.05) is 0 Å². The normalized spacial score (nSPS) is 14.6. The molecule has 0 aliphatic carbocycles. The van der Waals surface area contributed by atoms with E-state index < -0.39 is 0 Å². The number of pyridine rings is 1. The van der Waals surface area contributed by atoms with Crippen molar-refractivity contribution in [2.24, 2.45) is 0 Å². The molecule has 148 valence electrons. The molecule has 1 aliphatic rings. The van der Waals surface area contributed by atoms with E-state index in [1.54, 1.807) is 0 Å². The van der Waals surface area contributed by atoms with E-state index in [0.29, 0.717) is 5.95 Å².